The average molecular weight is 269 g/mol. The number of benzene rings is 2. The van der Waals surface area contributed by atoms with Crippen LogP contribution in [-0.4, -0.2) is 12.5 Å². The lowest BCUT2D eigenvalue weighted by atomic mass is 10.1. The third-order valence-corrected chi connectivity index (χ3v) is 2.91. The molecular weight excluding hydrogens is 250 g/mol. The van der Waals surface area contributed by atoms with Crippen molar-refractivity contribution in [2.45, 2.75) is 20.8 Å². The van der Waals surface area contributed by atoms with E-state index in [1.807, 2.05) is 45.0 Å². The van der Waals surface area contributed by atoms with Gasteiger partial charge in [0.2, 0.25) is 0 Å². The molecule has 1 N–H and O–H groups in total. The summed E-state index contributed by atoms with van der Waals surface area (Å²) in [7, 11) is 0. The van der Waals surface area contributed by atoms with Crippen LogP contribution >= 0.6 is 0 Å². The third kappa shape index (κ3) is 3.38. The molecule has 20 heavy (non-hydrogen) atoms. The zero-order valence-corrected chi connectivity index (χ0v) is 12.1. The number of ether oxygens (including phenoxy) is 1. The molecule has 2 aromatic carbocycles. The van der Waals surface area contributed by atoms with Crippen molar-refractivity contribution in [1.29, 1.82) is 0 Å². The first-order chi connectivity index (χ1) is 9.60. The maximum absolute atomic E-state index is 12.3. The van der Waals surface area contributed by atoms with Crippen LogP contribution < -0.4 is 10.1 Å². The standard InChI is InChI=1S/C17H19NO2/c1-4-20-16-8-6-5-7-15(16)17(19)18-14-10-12(2)9-13(3)11-14/h5-11H,4H2,1-3H3,(H,18,19). The lowest BCUT2D eigenvalue weighted by Crippen LogP contribution is -2.13. The van der Waals surface area contributed by atoms with Crippen molar-refractivity contribution in [3.63, 3.8) is 0 Å². The molecule has 0 unspecified atom stereocenters. The van der Waals surface area contributed by atoms with E-state index < -0.39 is 0 Å². The van der Waals surface area contributed by atoms with E-state index in [1.165, 1.54) is 0 Å². The number of rotatable bonds is 4. The molecule has 3 nitrogen and oxygen atoms in total. The van der Waals surface area contributed by atoms with Crippen LogP contribution in [0.2, 0.25) is 0 Å². The number of anilines is 1. The van der Waals surface area contributed by atoms with Gasteiger partial charge in [0.1, 0.15) is 5.75 Å². The molecule has 0 aliphatic heterocycles. The third-order valence-electron chi connectivity index (χ3n) is 2.91. The van der Waals surface area contributed by atoms with Gasteiger partial charge in [-0.05, 0) is 56.2 Å². The van der Waals surface area contributed by atoms with Crippen LogP contribution in [0.5, 0.6) is 5.75 Å². The first-order valence-electron chi connectivity index (χ1n) is 6.71. The molecule has 0 aromatic heterocycles. The number of hydrogen-bond acceptors (Lipinski definition) is 2. The van der Waals surface area contributed by atoms with E-state index in [4.69, 9.17) is 4.74 Å². The summed E-state index contributed by atoms with van der Waals surface area (Å²) >= 11 is 0. The number of amides is 1. The summed E-state index contributed by atoms with van der Waals surface area (Å²) in [4.78, 5) is 12.3. The van der Waals surface area contributed by atoms with E-state index >= 15 is 0 Å². The zero-order valence-electron chi connectivity index (χ0n) is 12.1. The summed E-state index contributed by atoms with van der Waals surface area (Å²) in [6.45, 7) is 6.46. The second-order valence-electron chi connectivity index (χ2n) is 4.76. The van der Waals surface area contributed by atoms with Crippen molar-refractivity contribution in [3.05, 3.63) is 59.2 Å². The lowest BCUT2D eigenvalue weighted by molar-refractivity contribution is 0.102. The molecule has 3 heteroatoms. The Morgan fingerprint density at radius 3 is 2.40 bits per heavy atom. The summed E-state index contributed by atoms with van der Waals surface area (Å²) in [6.07, 6.45) is 0. The second kappa shape index (κ2) is 6.24. The lowest BCUT2D eigenvalue weighted by Gasteiger charge is -2.11. The Labute approximate surface area is 119 Å². The highest BCUT2D eigenvalue weighted by molar-refractivity contribution is 6.06. The van der Waals surface area contributed by atoms with Crippen molar-refractivity contribution in [1.82, 2.24) is 0 Å². The van der Waals surface area contributed by atoms with E-state index in [0.29, 0.717) is 17.9 Å². The maximum Gasteiger partial charge on any atom is 0.259 e. The van der Waals surface area contributed by atoms with Gasteiger partial charge < -0.3 is 10.1 Å². The van der Waals surface area contributed by atoms with Crippen LogP contribution in [0.15, 0.2) is 42.5 Å². The molecule has 0 aliphatic carbocycles. The minimum Gasteiger partial charge on any atom is -0.493 e. The Balaban J connectivity index is 2.23. The summed E-state index contributed by atoms with van der Waals surface area (Å²) in [6, 6.07) is 13.2. The molecule has 1 amide bonds. The van der Waals surface area contributed by atoms with Gasteiger partial charge >= 0.3 is 0 Å². The molecule has 104 valence electrons. The van der Waals surface area contributed by atoms with Gasteiger partial charge in [-0.3, -0.25) is 4.79 Å². The Kier molecular flexibility index (Phi) is 4.41. The predicted octanol–water partition coefficient (Wildman–Crippen LogP) is 3.95. The average Bonchev–Trinajstić information content (AvgIpc) is 2.38. The number of carbonyl (C=O) groups excluding carboxylic acids is 1. The SMILES string of the molecule is CCOc1ccccc1C(=O)Nc1cc(C)cc(C)c1. The van der Waals surface area contributed by atoms with E-state index in [-0.39, 0.29) is 5.91 Å². The molecule has 0 saturated carbocycles. The van der Waals surface area contributed by atoms with Gasteiger partial charge in [0.05, 0.1) is 12.2 Å². The van der Waals surface area contributed by atoms with Crippen molar-refractivity contribution < 1.29 is 9.53 Å². The Bertz CT molecular complexity index is 600. The molecule has 0 saturated heterocycles. The number of aryl methyl sites for hydroxylation is 2. The monoisotopic (exact) mass is 269 g/mol. The Morgan fingerprint density at radius 2 is 1.75 bits per heavy atom. The van der Waals surface area contributed by atoms with E-state index in [9.17, 15) is 4.79 Å². The molecule has 0 radical (unpaired) electrons. The molecule has 0 heterocycles. The number of hydrogen-bond donors (Lipinski definition) is 1. The Hall–Kier alpha value is -2.29. The van der Waals surface area contributed by atoms with Gasteiger partial charge in [0.15, 0.2) is 0 Å². The summed E-state index contributed by atoms with van der Waals surface area (Å²) in [5, 5.41) is 2.92. The number of nitrogens with one attached hydrogen (secondary N) is 1. The molecule has 0 fully saturated rings. The summed E-state index contributed by atoms with van der Waals surface area (Å²) in [5.74, 6) is 0.455. The van der Waals surface area contributed by atoms with Crippen LogP contribution in [0.25, 0.3) is 0 Å². The molecule has 0 aliphatic rings. The molecule has 2 rings (SSSR count). The minimum atomic E-state index is -0.154. The van der Waals surface area contributed by atoms with Gasteiger partial charge in [-0.25, -0.2) is 0 Å². The highest BCUT2D eigenvalue weighted by atomic mass is 16.5. The van der Waals surface area contributed by atoms with Crippen LogP contribution in [0.4, 0.5) is 5.69 Å². The molecule has 0 bridgehead atoms. The quantitative estimate of drug-likeness (QED) is 0.912. The zero-order chi connectivity index (χ0) is 14.5. The highest BCUT2D eigenvalue weighted by Crippen LogP contribution is 2.20. The van der Waals surface area contributed by atoms with Crippen molar-refractivity contribution in [2.24, 2.45) is 0 Å². The van der Waals surface area contributed by atoms with E-state index in [1.54, 1.807) is 12.1 Å². The van der Waals surface area contributed by atoms with Crippen LogP contribution in [-0.2, 0) is 0 Å². The number of para-hydroxylation sites is 1. The largest absolute Gasteiger partial charge is 0.493 e. The number of carbonyl (C=O) groups is 1. The van der Waals surface area contributed by atoms with E-state index in [0.717, 1.165) is 16.8 Å². The van der Waals surface area contributed by atoms with Crippen molar-refractivity contribution >= 4 is 11.6 Å². The molecular formula is C17H19NO2. The molecule has 0 spiro atoms. The van der Waals surface area contributed by atoms with E-state index in [2.05, 4.69) is 11.4 Å². The summed E-state index contributed by atoms with van der Waals surface area (Å²) in [5.41, 5.74) is 3.60. The Morgan fingerprint density at radius 1 is 1.10 bits per heavy atom. The topological polar surface area (TPSA) is 38.3 Å². The van der Waals surface area contributed by atoms with Crippen LogP contribution in [0.3, 0.4) is 0 Å². The predicted molar refractivity (Wildman–Crippen MR) is 81.5 cm³/mol. The maximum atomic E-state index is 12.3. The smallest absolute Gasteiger partial charge is 0.259 e. The van der Waals surface area contributed by atoms with Crippen LogP contribution in [0.1, 0.15) is 28.4 Å². The van der Waals surface area contributed by atoms with Crippen molar-refractivity contribution in [2.75, 3.05) is 11.9 Å². The van der Waals surface area contributed by atoms with Gasteiger partial charge in [-0.1, -0.05) is 18.2 Å². The second-order valence-corrected chi connectivity index (χ2v) is 4.76. The van der Waals surface area contributed by atoms with Crippen LogP contribution in [0, 0.1) is 13.8 Å². The fourth-order valence-corrected chi connectivity index (χ4v) is 2.18. The van der Waals surface area contributed by atoms with Gasteiger partial charge in [-0.2, -0.15) is 0 Å². The summed E-state index contributed by atoms with van der Waals surface area (Å²) < 4.78 is 5.48. The van der Waals surface area contributed by atoms with Crippen molar-refractivity contribution in [3.8, 4) is 5.75 Å². The fraction of sp³-hybridized carbons (Fsp3) is 0.235. The fourth-order valence-electron chi connectivity index (χ4n) is 2.18. The first-order valence-corrected chi connectivity index (χ1v) is 6.71. The normalized spacial score (nSPS) is 10.2. The van der Waals surface area contributed by atoms with Gasteiger partial charge in [0.25, 0.3) is 5.91 Å². The van der Waals surface area contributed by atoms with Gasteiger partial charge in [0, 0.05) is 5.69 Å². The van der Waals surface area contributed by atoms with Gasteiger partial charge in [-0.15, -0.1) is 0 Å². The first kappa shape index (κ1) is 14.1. The molecule has 2 aromatic rings. The molecule has 0 atom stereocenters. The minimum absolute atomic E-state index is 0.154. The highest BCUT2D eigenvalue weighted by Gasteiger charge is 2.12.